The van der Waals surface area contributed by atoms with Crippen molar-refractivity contribution in [3.8, 4) is 10.6 Å². The molecule has 2 aromatic carbocycles. The first-order valence-electron chi connectivity index (χ1n) is 8.78. The minimum Gasteiger partial charge on any atom is -0.325 e. The molecule has 3 rings (SSSR count). The first kappa shape index (κ1) is 20.0. The summed E-state index contributed by atoms with van der Waals surface area (Å²) in [6.45, 7) is 5.70. The standard InChI is InChI=1S/C21H20ClN3O2S/c1-12(2)14-4-6-15(7-5-14)21-25-19(11-28-21)20(27)24-16-8-9-18(17(22)10-16)23-13(3)26/h4-12H,1-3H3,(H,23,26)(H,24,27). The maximum atomic E-state index is 12.5. The van der Waals surface area contributed by atoms with E-state index in [0.717, 1.165) is 10.6 Å². The fourth-order valence-electron chi connectivity index (χ4n) is 2.60. The maximum Gasteiger partial charge on any atom is 0.275 e. The Morgan fingerprint density at radius 2 is 1.79 bits per heavy atom. The number of carbonyl (C=O) groups excluding carboxylic acids is 2. The molecule has 3 aromatic rings. The Hall–Kier alpha value is -2.70. The zero-order chi connectivity index (χ0) is 20.3. The highest BCUT2D eigenvalue weighted by molar-refractivity contribution is 7.13. The number of hydrogen-bond donors (Lipinski definition) is 2. The van der Waals surface area contributed by atoms with Crippen LogP contribution in [0.3, 0.4) is 0 Å². The van der Waals surface area contributed by atoms with E-state index in [1.165, 1.54) is 23.8 Å². The van der Waals surface area contributed by atoms with E-state index in [0.29, 0.717) is 28.0 Å². The second-order valence-electron chi connectivity index (χ2n) is 6.64. The molecule has 0 saturated heterocycles. The van der Waals surface area contributed by atoms with Gasteiger partial charge in [-0.1, -0.05) is 49.7 Å². The third kappa shape index (κ3) is 4.77. The van der Waals surface area contributed by atoms with Crippen LogP contribution in [0.2, 0.25) is 5.02 Å². The van der Waals surface area contributed by atoms with Crippen molar-refractivity contribution in [3.63, 3.8) is 0 Å². The molecule has 144 valence electrons. The number of carbonyl (C=O) groups is 2. The average Bonchev–Trinajstić information content (AvgIpc) is 3.14. The first-order valence-corrected chi connectivity index (χ1v) is 10.0. The SMILES string of the molecule is CC(=O)Nc1ccc(NC(=O)c2csc(-c3ccc(C(C)C)cc3)n2)cc1Cl. The van der Waals surface area contributed by atoms with E-state index in [9.17, 15) is 9.59 Å². The highest BCUT2D eigenvalue weighted by Crippen LogP contribution is 2.28. The molecule has 2 amide bonds. The summed E-state index contributed by atoms with van der Waals surface area (Å²) in [4.78, 5) is 28.1. The van der Waals surface area contributed by atoms with E-state index >= 15 is 0 Å². The summed E-state index contributed by atoms with van der Waals surface area (Å²) in [6, 6.07) is 13.1. The molecule has 0 aliphatic carbocycles. The molecule has 0 aliphatic rings. The molecular formula is C21H20ClN3O2S. The van der Waals surface area contributed by atoms with Gasteiger partial charge in [0.05, 0.1) is 10.7 Å². The van der Waals surface area contributed by atoms with E-state index in [4.69, 9.17) is 11.6 Å². The highest BCUT2D eigenvalue weighted by atomic mass is 35.5. The normalized spacial score (nSPS) is 10.8. The van der Waals surface area contributed by atoms with Gasteiger partial charge in [0, 0.05) is 23.6 Å². The fraction of sp³-hybridized carbons (Fsp3) is 0.190. The lowest BCUT2D eigenvalue weighted by Crippen LogP contribution is -2.12. The van der Waals surface area contributed by atoms with Gasteiger partial charge in [-0.15, -0.1) is 11.3 Å². The average molecular weight is 414 g/mol. The van der Waals surface area contributed by atoms with Crippen molar-refractivity contribution in [2.45, 2.75) is 26.7 Å². The van der Waals surface area contributed by atoms with E-state index < -0.39 is 0 Å². The van der Waals surface area contributed by atoms with Crippen molar-refractivity contribution >= 4 is 46.1 Å². The monoisotopic (exact) mass is 413 g/mol. The summed E-state index contributed by atoms with van der Waals surface area (Å²) in [7, 11) is 0. The number of nitrogens with zero attached hydrogens (tertiary/aromatic N) is 1. The number of rotatable bonds is 5. The Morgan fingerprint density at radius 3 is 2.39 bits per heavy atom. The number of aromatic nitrogens is 1. The van der Waals surface area contributed by atoms with E-state index in [1.807, 2.05) is 12.1 Å². The van der Waals surface area contributed by atoms with Crippen LogP contribution >= 0.6 is 22.9 Å². The molecular weight excluding hydrogens is 394 g/mol. The molecule has 0 aliphatic heterocycles. The van der Waals surface area contributed by atoms with E-state index in [-0.39, 0.29) is 11.8 Å². The van der Waals surface area contributed by atoms with E-state index in [1.54, 1.807) is 23.6 Å². The lowest BCUT2D eigenvalue weighted by Gasteiger charge is -2.08. The van der Waals surface area contributed by atoms with Gasteiger partial charge in [0.25, 0.3) is 5.91 Å². The van der Waals surface area contributed by atoms with Crippen LogP contribution in [0.4, 0.5) is 11.4 Å². The molecule has 2 N–H and O–H groups in total. The number of amides is 2. The second-order valence-corrected chi connectivity index (χ2v) is 7.91. The van der Waals surface area contributed by atoms with Crippen LogP contribution in [0, 0.1) is 0 Å². The number of hydrogen-bond acceptors (Lipinski definition) is 4. The Labute approximate surface area is 172 Å². The largest absolute Gasteiger partial charge is 0.325 e. The van der Waals surface area contributed by atoms with Gasteiger partial charge in [-0.25, -0.2) is 4.98 Å². The molecule has 0 atom stereocenters. The number of benzene rings is 2. The molecule has 0 spiro atoms. The van der Waals surface area contributed by atoms with Crippen molar-refractivity contribution in [1.82, 2.24) is 4.98 Å². The van der Waals surface area contributed by atoms with Gasteiger partial charge in [-0.05, 0) is 29.7 Å². The molecule has 1 heterocycles. The van der Waals surface area contributed by atoms with Gasteiger partial charge in [-0.2, -0.15) is 0 Å². The summed E-state index contributed by atoms with van der Waals surface area (Å²) < 4.78 is 0. The van der Waals surface area contributed by atoms with Gasteiger partial charge >= 0.3 is 0 Å². The molecule has 0 radical (unpaired) electrons. The Morgan fingerprint density at radius 1 is 1.07 bits per heavy atom. The molecule has 0 bridgehead atoms. The van der Waals surface area contributed by atoms with Crippen LogP contribution in [0.15, 0.2) is 47.8 Å². The molecule has 0 saturated carbocycles. The summed E-state index contributed by atoms with van der Waals surface area (Å²) >= 11 is 7.57. The van der Waals surface area contributed by atoms with Crippen molar-refractivity contribution in [3.05, 3.63) is 64.1 Å². The summed E-state index contributed by atoms with van der Waals surface area (Å²) in [5.74, 6) is -0.0599. The highest BCUT2D eigenvalue weighted by Gasteiger charge is 2.13. The van der Waals surface area contributed by atoms with Crippen molar-refractivity contribution < 1.29 is 9.59 Å². The smallest absolute Gasteiger partial charge is 0.275 e. The fourth-order valence-corrected chi connectivity index (χ4v) is 3.63. The van der Waals surface area contributed by atoms with E-state index in [2.05, 4.69) is 41.6 Å². The second kappa shape index (κ2) is 8.54. The van der Waals surface area contributed by atoms with Crippen molar-refractivity contribution in [2.75, 3.05) is 10.6 Å². The van der Waals surface area contributed by atoms with Gasteiger partial charge in [0.15, 0.2) is 0 Å². The maximum absolute atomic E-state index is 12.5. The van der Waals surface area contributed by atoms with Crippen LogP contribution in [-0.4, -0.2) is 16.8 Å². The van der Waals surface area contributed by atoms with Crippen LogP contribution in [0.5, 0.6) is 0 Å². The van der Waals surface area contributed by atoms with Crippen LogP contribution < -0.4 is 10.6 Å². The molecule has 0 unspecified atom stereocenters. The lowest BCUT2D eigenvalue weighted by molar-refractivity contribution is -0.114. The molecule has 28 heavy (non-hydrogen) atoms. The van der Waals surface area contributed by atoms with Gasteiger partial charge in [-0.3, -0.25) is 9.59 Å². The molecule has 7 heteroatoms. The number of nitrogens with one attached hydrogen (secondary N) is 2. The summed E-state index contributed by atoms with van der Waals surface area (Å²) in [6.07, 6.45) is 0. The quantitative estimate of drug-likeness (QED) is 0.555. The van der Waals surface area contributed by atoms with Gasteiger partial charge in [0.2, 0.25) is 5.91 Å². The summed E-state index contributed by atoms with van der Waals surface area (Å²) in [5, 5.41) is 8.27. The Bertz CT molecular complexity index is 1010. The minimum atomic E-state index is -0.315. The third-order valence-electron chi connectivity index (χ3n) is 4.10. The summed E-state index contributed by atoms with van der Waals surface area (Å²) in [5.41, 5.74) is 3.61. The zero-order valence-electron chi connectivity index (χ0n) is 15.7. The Kier molecular flexibility index (Phi) is 6.11. The lowest BCUT2D eigenvalue weighted by atomic mass is 10.0. The van der Waals surface area contributed by atoms with Crippen molar-refractivity contribution in [2.24, 2.45) is 0 Å². The molecule has 1 aromatic heterocycles. The van der Waals surface area contributed by atoms with Gasteiger partial charge in [0.1, 0.15) is 10.7 Å². The zero-order valence-corrected chi connectivity index (χ0v) is 17.3. The number of thiazole rings is 1. The first-order chi connectivity index (χ1) is 13.3. The van der Waals surface area contributed by atoms with Crippen LogP contribution in [0.1, 0.15) is 42.7 Å². The molecule has 0 fully saturated rings. The number of anilines is 2. The van der Waals surface area contributed by atoms with Crippen molar-refractivity contribution in [1.29, 1.82) is 0 Å². The Balaban J connectivity index is 1.72. The third-order valence-corrected chi connectivity index (χ3v) is 5.30. The van der Waals surface area contributed by atoms with Crippen LogP contribution in [0.25, 0.3) is 10.6 Å². The van der Waals surface area contributed by atoms with Gasteiger partial charge < -0.3 is 10.6 Å². The predicted octanol–water partition coefficient (Wildman–Crippen LogP) is 5.80. The minimum absolute atomic E-state index is 0.213. The van der Waals surface area contributed by atoms with Crippen LogP contribution in [-0.2, 0) is 4.79 Å². The predicted molar refractivity (Wildman–Crippen MR) is 115 cm³/mol. The topological polar surface area (TPSA) is 71.1 Å². The molecule has 5 nitrogen and oxygen atoms in total. The number of halogens is 1.